The van der Waals surface area contributed by atoms with E-state index in [1.807, 2.05) is 19.1 Å². The number of aryl methyl sites for hydroxylation is 1. The van der Waals surface area contributed by atoms with Crippen molar-refractivity contribution in [3.05, 3.63) is 41.7 Å². The second-order valence-electron chi connectivity index (χ2n) is 6.46. The predicted octanol–water partition coefficient (Wildman–Crippen LogP) is 2.88. The van der Waals surface area contributed by atoms with Crippen LogP contribution in [0.3, 0.4) is 0 Å². The molecule has 1 unspecified atom stereocenters. The molecule has 3 rings (SSSR count). The number of ether oxygens (including phenoxy) is 2. The molecule has 134 valence electrons. The first-order valence-corrected chi connectivity index (χ1v) is 8.67. The molecule has 1 aromatic carbocycles. The fourth-order valence-corrected chi connectivity index (χ4v) is 3.23. The normalized spacial score (nSPS) is 18.0. The number of nitrogens with zero attached hydrogens (tertiary/aromatic N) is 3. The van der Waals surface area contributed by atoms with E-state index in [9.17, 15) is 0 Å². The van der Waals surface area contributed by atoms with E-state index in [4.69, 9.17) is 9.47 Å². The maximum atomic E-state index is 5.37. The van der Waals surface area contributed by atoms with Crippen molar-refractivity contribution >= 4 is 5.95 Å². The summed E-state index contributed by atoms with van der Waals surface area (Å²) >= 11 is 0. The Hall–Kier alpha value is -2.34. The molecule has 0 spiro atoms. The molecule has 1 aliphatic heterocycles. The Kier molecular flexibility index (Phi) is 5.71. The number of rotatable bonds is 6. The number of benzene rings is 1. The van der Waals surface area contributed by atoms with Crippen molar-refractivity contribution in [2.24, 2.45) is 0 Å². The van der Waals surface area contributed by atoms with E-state index in [0.29, 0.717) is 6.04 Å². The van der Waals surface area contributed by atoms with E-state index >= 15 is 0 Å². The Labute approximate surface area is 149 Å². The van der Waals surface area contributed by atoms with Crippen molar-refractivity contribution in [1.29, 1.82) is 0 Å². The van der Waals surface area contributed by atoms with Crippen molar-refractivity contribution in [3.8, 4) is 11.5 Å². The van der Waals surface area contributed by atoms with Gasteiger partial charge in [0.05, 0.1) is 14.2 Å². The van der Waals surface area contributed by atoms with Gasteiger partial charge in [-0.25, -0.2) is 9.97 Å². The highest BCUT2D eigenvalue weighted by atomic mass is 16.5. The van der Waals surface area contributed by atoms with Crippen LogP contribution in [0.2, 0.25) is 0 Å². The topological polar surface area (TPSA) is 59.5 Å². The number of nitrogens with one attached hydrogen (secondary N) is 1. The maximum Gasteiger partial charge on any atom is 0.223 e. The van der Waals surface area contributed by atoms with Crippen LogP contribution in [0.5, 0.6) is 11.5 Å². The fourth-order valence-electron chi connectivity index (χ4n) is 3.23. The Morgan fingerprint density at radius 1 is 1.20 bits per heavy atom. The van der Waals surface area contributed by atoms with Gasteiger partial charge < -0.3 is 14.8 Å². The molecule has 1 saturated heterocycles. The van der Waals surface area contributed by atoms with Gasteiger partial charge in [-0.2, -0.15) is 0 Å². The number of likely N-dealkylation sites (tertiary alicyclic amines) is 1. The van der Waals surface area contributed by atoms with E-state index in [1.165, 1.54) is 5.56 Å². The zero-order chi connectivity index (χ0) is 17.6. The highest BCUT2D eigenvalue weighted by Crippen LogP contribution is 2.24. The third kappa shape index (κ3) is 4.82. The smallest absolute Gasteiger partial charge is 0.223 e. The average Bonchev–Trinajstić information content (AvgIpc) is 2.61. The first-order valence-electron chi connectivity index (χ1n) is 8.67. The van der Waals surface area contributed by atoms with Crippen LogP contribution < -0.4 is 14.8 Å². The number of methoxy groups -OCH3 is 2. The molecule has 0 saturated carbocycles. The molecular formula is C19H26N4O2. The van der Waals surface area contributed by atoms with Gasteiger partial charge in [0.2, 0.25) is 5.95 Å². The minimum absolute atomic E-state index is 0.364. The van der Waals surface area contributed by atoms with Gasteiger partial charge >= 0.3 is 0 Å². The van der Waals surface area contributed by atoms with Gasteiger partial charge in [0, 0.05) is 37.1 Å². The predicted molar refractivity (Wildman–Crippen MR) is 98.2 cm³/mol. The number of aromatic nitrogens is 2. The molecule has 1 atom stereocenters. The molecule has 1 fully saturated rings. The van der Waals surface area contributed by atoms with Crippen LogP contribution in [0.15, 0.2) is 30.5 Å². The zero-order valence-corrected chi connectivity index (χ0v) is 15.2. The molecule has 0 bridgehead atoms. The fraction of sp³-hybridized carbons (Fsp3) is 0.474. The summed E-state index contributed by atoms with van der Waals surface area (Å²) in [6.07, 6.45) is 4.09. The minimum Gasteiger partial charge on any atom is -0.497 e. The summed E-state index contributed by atoms with van der Waals surface area (Å²) in [6, 6.07) is 8.32. The second-order valence-corrected chi connectivity index (χ2v) is 6.46. The van der Waals surface area contributed by atoms with Crippen molar-refractivity contribution < 1.29 is 9.47 Å². The molecule has 0 aliphatic carbocycles. The van der Waals surface area contributed by atoms with Gasteiger partial charge in [-0.3, -0.25) is 4.90 Å². The molecule has 0 radical (unpaired) electrons. The zero-order valence-electron chi connectivity index (χ0n) is 15.2. The summed E-state index contributed by atoms with van der Waals surface area (Å²) in [7, 11) is 3.36. The summed E-state index contributed by atoms with van der Waals surface area (Å²) in [5.41, 5.74) is 2.18. The minimum atomic E-state index is 0.364. The Balaban J connectivity index is 1.63. The van der Waals surface area contributed by atoms with Crippen LogP contribution in [-0.2, 0) is 6.54 Å². The van der Waals surface area contributed by atoms with E-state index in [0.717, 1.165) is 55.6 Å². The van der Waals surface area contributed by atoms with Crippen LogP contribution in [0, 0.1) is 6.92 Å². The lowest BCUT2D eigenvalue weighted by Crippen LogP contribution is -2.41. The van der Waals surface area contributed by atoms with Gasteiger partial charge in [0.15, 0.2) is 0 Å². The second kappa shape index (κ2) is 8.16. The molecule has 1 aromatic heterocycles. The van der Waals surface area contributed by atoms with E-state index in [2.05, 4.69) is 32.3 Å². The first kappa shape index (κ1) is 17.5. The molecule has 6 heteroatoms. The third-order valence-corrected chi connectivity index (χ3v) is 4.45. The van der Waals surface area contributed by atoms with Gasteiger partial charge in [0.1, 0.15) is 11.5 Å². The molecule has 1 aliphatic rings. The number of piperidine rings is 1. The lowest BCUT2D eigenvalue weighted by molar-refractivity contribution is 0.208. The summed E-state index contributed by atoms with van der Waals surface area (Å²) in [5, 5.41) is 3.47. The van der Waals surface area contributed by atoms with Crippen LogP contribution in [0.1, 0.15) is 24.1 Å². The van der Waals surface area contributed by atoms with Crippen molar-refractivity contribution in [3.63, 3.8) is 0 Å². The van der Waals surface area contributed by atoms with E-state index in [1.54, 1.807) is 20.4 Å². The lowest BCUT2D eigenvalue weighted by atomic mass is 10.0. The van der Waals surface area contributed by atoms with Gasteiger partial charge in [-0.05, 0) is 50.1 Å². The third-order valence-electron chi connectivity index (χ3n) is 4.45. The first-order chi connectivity index (χ1) is 12.2. The van der Waals surface area contributed by atoms with Crippen LogP contribution in [-0.4, -0.2) is 48.2 Å². The van der Waals surface area contributed by atoms with Gasteiger partial charge in [-0.1, -0.05) is 0 Å². The monoisotopic (exact) mass is 342 g/mol. The van der Waals surface area contributed by atoms with Crippen LogP contribution in [0.4, 0.5) is 5.95 Å². The molecule has 1 N–H and O–H groups in total. The summed E-state index contributed by atoms with van der Waals surface area (Å²) in [4.78, 5) is 11.2. The van der Waals surface area contributed by atoms with Gasteiger partial charge in [-0.15, -0.1) is 0 Å². The average molecular weight is 342 g/mol. The number of hydrogen-bond donors (Lipinski definition) is 1. The van der Waals surface area contributed by atoms with Crippen molar-refractivity contribution in [2.75, 3.05) is 32.6 Å². The van der Waals surface area contributed by atoms with Crippen molar-refractivity contribution in [1.82, 2.24) is 14.9 Å². The molecule has 0 amide bonds. The summed E-state index contributed by atoms with van der Waals surface area (Å²) in [5.74, 6) is 2.37. The van der Waals surface area contributed by atoms with E-state index in [-0.39, 0.29) is 0 Å². The number of anilines is 1. The largest absolute Gasteiger partial charge is 0.497 e. The highest BCUT2D eigenvalue weighted by molar-refractivity contribution is 5.38. The van der Waals surface area contributed by atoms with Crippen LogP contribution in [0.25, 0.3) is 0 Å². The Bertz CT molecular complexity index is 685. The molecule has 2 heterocycles. The van der Waals surface area contributed by atoms with Gasteiger partial charge in [0.25, 0.3) is 0 Å². The standard InChI is InChI=1S/C19H26N4O2/c1-14-6-7-20-19(21-14)22-16-5-4-8-23(13-16)12-15-9-17(24-2)11-18(10-15)25-3/h6-7,9-11,16H,4-5,8,12-13H2,1-3H3,(H,20,21,22). The lowest BCUT2D eigenvalue weighted by Gasteiger charge is -2.33. The van der Waals surface area contributed by atoms with E-state index < -0.39 is 0 Å². The number of hydrogen-bond acceptors (Lipinski definition) is 6. The van der Waals surface area contributed by atoms with Crippen molar-refractivity contribution in [2.45, 2.75) is 32.4 Å². The maximum absolute atomic E-state index is 5.37. The summed E-state index contributed by atoms with van der Waals surface area (Å²) < 4.78 is 10.7. The Morgan fingerprint density at radius 3 is 2.64 bits per heavy atom. The molecule has 6 nitrogen and oxygen atoms in total. The quantitative estimate of drug-likeness (QED) is 0.871. The Morgan fingerprint density at radius 2 is 1.96 bits per heavy atom. The summed E-state index contributed by atoms with van der Waals surface area (Å²) in [6.45, 7) is 4.92. The highest BCUT2D eigenvalue weighted by Gasteiger charge is 2.21. The SMILES string of the molecule is COc1cc(CN2CCCC(Nc3nccc(C)n3)C2)cc(OC)c1. The molecule has 2 aromatic rings. The molecular weight excluding hydrogens is 316 g/mol. The molecule has 25 heavy (non-hydrogen) atoms. The van der Waals surface area contributed by atoms with Crippen LogP contribution >= 0.6 is 0 Å².